The zero-order valence-electron chi connectivity index (χ0n) is 30.7. The monoisotopic (exact) mass is 721 g/mol. The van der Waals surface area contributed by atoms with Gasteiger partial charge in [-0.3, -0.25) is 4.21 Å². The van der Waals surface area contributed by atoms with Crippen molar-refractivity contribution in [3.63, 3.8) is 0 Å². The van der Waals surface area contributed by atoms with Gasteiger partial charge in [0.15, 0.2) is 0 Å². The minimum absolute atomic E-state index is 0.440. The summed E-state index contributed by atoms with van der Waals surface area (Å²) < 4.78 is 32.8. The SMILES string of the molecule is CCCCOCCOc1ccc(-c2ccc3c(c2)/C=C(/c2nc4ccc(S(=O)Cc5c(C)ncn5CCC)cc4[nH]2)CCCN3CC2COC2)cc1. The van der Waals surface area contributed by atoms with Crippen molar-refractivity contribution in [3.05, 3.63) is 89.8 Å². The predicted octanol–water partition coefficient (Wildman–Crippen LogP) is 8.44. The number of ether oxygens (including phenoxy) is 3. The molecule has 1 fully saturated rings. The number of hydrogen-bond acceptors (Lipinski definition) is 7. The van der Waals surface area contributed by atoms with Crippen LogP contribution in [0.25, 0.3) is 33.8 Å². The molecule has 5 aromatic rings. The molecule has 9 nitrogen and oxygen atoms in total. The summed E-state index contributed by atoms with van der Waals surface area (Å²) >= 11 is 0. The number of nitrogens with one attached hydrogen (secondary N) is 1. The van der Waals surface area contributed by atoms with Crippen LogP contribution < -0.4 is 9.64 Å². The molecular weight excluding hydrogens is 671 g/mol. The molecule has 2 aliphatic heterocycles. The summed E-state index contributed by atoms with van der Waals surface area (Å²) in [6.07, 6.45) is 9.30. The lowest BCUT2D eigenvalue weighted by Crippen LogP contribution is -2.40. The van der Waals surface area contributed by atoms with Crippen LogP contribution in [0.1, 0.15) is 68.7 Å². The number of aryl methyl sites for hydroxylation is 2. The molecule has 4 heterocycles. The van der Waals surface area contributed by atoms with Crippen molar-refractivity contribution < 1.29 is 18.4 Å². The van der Waals surface area contributed by atoms with Gasteiger partial charge in [-0.1, -0.05) is 38.5 Å². The Morgan fingerprint density at radius 1 is 0.981 bits per heavy atom. The molecule has 2 aliphatic rings. The molecule has 52 heavy (non-hydrogen) atoms. The van der Waals surface area contributed by atoms with Crippen LogP contribution in [0.4, 0.5) is 5.69 Å². The molecular formula is C42H51N5O4S. The van der Waals surface area contributed by atoms with E-state index in [1.807, 2.05) is 43.6 Å². The number of H-pyrrole nitrogens is 1. The lowest BCUT2D eigenvalue weighted by Gasteiger charge is -2.35. The Labute approximate surface area is 309 Å². The van der Waals surface area contributed by atoms with Gasteiger partial charge in [0, 0.05) is 42.7 Å². The van der Waals surface area contributed by atoms with Gasteiger partial charge < -0.3 is 28.7 Å². The van der Waals surface area contributed by atoms with E-state index in [-0.39, 0.29) is 0 Å². The first-order valence-corrected chi connectivity index (χ1v) is 20.2. The van der Waals surface area contributed by atoms with Gasteiger partial charge in [0.05, 0.1) is 65.1 Å². The fourth-order valence-electron chi connectivity index (χ4n) is 6.99. The van der Waals surface area contributed by atoms with Gasteiger partial charge in [-0.05, 0) is 103 Å². The summed E-state index contributed by atoms with van der Waals surface area (Å²) in [4.78, 5) is 16.5. The Bertz CT molecular complexity index is 2010. The number of allylic oxidation sites excluding steroid dienone is 1. The molecule has 0 aliphatic carbocycles. The topological polar surface area (TPSA) is 94.5 Å². The number of hydrogen-bond donors (Lipinski definition) is 1. The van der Waals surface area contributed by atoms with E-state index in [4.69, 9.17) is 19.2 Å². The lowest BCUT2D eigenvalue weighted by molar-refractivity contribution is -0.0276. The summed E-state index contributed by atoms with van der Waals surface area (Å²) in [5.41, 5.74) is 9.64. The number of anilines is 1. The third kappa shape index (κ3) is 8.51. The number of benzene rings is 3. The normalized spacial score (nSPS) is 16.5. The fraction of sp³-hybridized carbons (Fsp3) is 0.429. The van der Waals surface area contributed by atoms with Crippen molar-refractivity contribution in [1.29, 1.82) is 0 Å². The van der Waals surface area contributed by atoms with Gasteiger partial charge in [0.2, 0.25) is 0 Å². The van der Waals surface area contributed by atoms with Gasteiger partial charge in [-0.2, -0.15) is 0 Å². The van der Waals surface area contributed by atoms with Crippen LogP contribution in [0, 0.1) is 12.8 Å². The second-order valence-electron chi connectivity index (χ2n) is 14.0. The molecule has 0 bridgehead atoms. The molecule has 0 radical (unpaired) electrons. The minimum Gasteiger partial charge on any atom is -0.491 e. The second kappa shape index (κ2) is 17.1. The van der Waals surface area contributed by atoms with Crippen molar-refractivity contribution in [2.24, 2.45) is 5.92 Å². The van der Waals surface area contributed by atoms with Gasteiger partial charge in [-0.15, -0.1) is 0 Å². The first kappa shape index (κ1) is 36.1. The van der Waals surface area contributed by atoms with E-state index >= 15 is 0 Å². The Hall–Kier alpha value is -4.25. The Kier molecular flexibility index (Phi) is 11.8. The minimum atomic E-state index is -1.21. The van der Waals surface area contributed by atoms with Gasteiger partial charge in [-0.25, -0.2) is 9.97 Å². The third-order valence-electron chi connectivity index (χ3n) is 9.99. The van der Waals surface area contributed by atoms with Crippen molar-refractivity contribution in [2.75, 3.05) is 51.0 Å². The first-order valence-electron chi connectivity index (χ1n) is 18.9. The van der Waals surface area contributed by atoms with Gasteiger partial charge in [0.25, 0.3) is 0 Å². The van der Waals surface area contributed by atoms with Crippen LogP contribution in [0.2, 0.25) is 0 Å². The first-order chi connectivity index (χ1) is 25.5. The smallest absolute Gasteiger partial charge is 0.134 e. The Morgan fingerprint density at radius 3 is 2.62 bits per heavy atom. The standard InChI is InChI=1S/C42H51N5O4S/c1-4-6-19-49-20-21-51-36-12-9-32(10-13-36)33-11-16-40-35(22-33)23-34(8-7-18-46(40)25-31-26-50-27-31)42-44-38-15-14-37(24-39(38)45-42)52(48)28-41-30(3)43-29-47(41)17-5-2/h9-16,22-24,29,31H,4-8,17-21,25-28H2,1-3H3,(H,44,45)/b34-23+. The van der Waals surface area contributed by atoms with E-state index in [1.54, 1.807) is 0 Å². The van der Waals surface area contributed by atoms with E-state index < -0.39 is 10.8 Å². The average molecular weight is 722 g/mol. The largest absolute Gasteiger partial charge is 0.491 e. The van der Waals surface area contributed by atoms with Crippen molar-refractivity contribution in [2.45, 2.75) is 70.1 Å². The maximum atomic E-state index is 13.6. The number of imidazole rings is 2. The summed E-state index contributed by atoms with van der Waals surface area (Å²) in [5.74, 6) is 2.72. The average Bonchev–Trinajstić information content (AvgIpc) is 3.71. The van der Waals surface area contributed by atoms with Crippen LogP contribution >= 0.6 is 0 Å². The van der Waals surface area contributed by atoms with E-state index in [1.165, 1.54) is 16.8 Å². The number of rotatable bonds is 16. The molecule has 1 saturated heterocycles. The quantitative estimate of drug-likeness (QED) is 0.102. The van der Waals surface area contributed by atoms with Crippen LogP contribution in [0.5, 0.6) is 5.75 Å². The molecule has 1 N–H and O–H groups in total. The van der Waals surface area contributed by atoms with E-state index in [0.29, 0.717) is 24.9 Å². The summed E-state index contributed by atoms with van der Waals surface area (Å²) in [6, 6.07) is 21.1. The van der Waals surface area contributed by atoms with Crippen molar-refractivity contribution in [3.8, 4) is 16.9 Å². The fourth-order valence-corrected chi connectivity index (χ4v) is 8.24. The maximum absolute atomic E-state index is 13.6. The number of aromatic amines is 1. The predicted molar refractivity (Wildman–Crippen MR) is 210 cm³/mol. The van der Waals surface area contributed by atoms with Crippen LogP contribution in [0.15, 0.2) is 71.9 Å². The highest BCUT2D eigenvalue weighted by Crippen LogP contribution is 2.36. The number of nitrogens with zero attached hydrogens (tertiary/aromatic N) is 4. The molecule has 0 saturated carbocycles. The van der Waals surface area contributed by atoms with Crippen LogP contribution in [-0.2, 0) is 32.6 Å². The third-order valence-corrected chi connectivity index (χ3v) is 11.3. The summed E-state index contributed by atoms with van der Waals surface area (Å²) in [5, 5.41) is 0. The molecule has 0 amide bonds. The zero-order chi connectivity index (χ0) is 35.9. The van der Waals surface area contributed by atoms with Crippen LogP contribution in [0.3, 0.4) is 0 Å². The second-order valence-corrected chi connectivity index (χ2v) is 15.4. The Balaban J connectivity index is 1.14. The van der Waals surface area contributed by atoms with Gasteiger partial charge in [0.1, 0.15) is 18.2 Å². The molecule has 1 atom stereocenters. The zero-order valence-corrected chi connectivity index (χ0v) is 31.6. The molecule has 274 valence electrons. The number of fused-ring (bicyclic) bond motifs is 2. The molecule has 3 aromatic carbocycles. The number of aromatic nitrogens is 4. The summed E-state index contributed by atoms with van der Waals surface area (Å²) in [7, 11) is -1.21. The van der Waals surface area contributed by atoms with E-state index in [9.17, 15) is 4.21 Å². The highest BCUT2D eigenvalue weighted by Gasteiger charge is 2.25. The Morgan fingerprint density at radius 2 is 1.83 bits per heavy atom. The number of unbranched alkanes of at least 4 members (excludes halogenated alkanes) is 1. The summed E-state index contributed by atoms with van der Waals surface area (Å²) in [6.45, 7) is 12.7. The molecule has 2 aromatic heterocycles. The van der Waals surface area contributed by atoms with E-state index in [0.717, 1.165) is 122 Å². The molecule has 0 spiro atoms. The molecule has 1 unspecified atom stereocenters. The maximum Gasteiger partial charge on any atom is 0.134 e. The van der Waals surface area contributed by atoms with E-state index in [2.05, 4.69) is 69.7 Å². The highest BCUT2D eigenvalue weighted by atomic mass is 32.2. The lowest BCUT2D eigenvalue weighted by atomic mass is 9.95. The highest BCUT2D eigenvalue weighted by molar-refractivity contribution is 7.84. The van der Waals surface area contributed by atoms with Gasteiger partial charge >= 0.3 is 0 Å². The molecule has 10 heteroatoms. The van der Waals surface area contributed by atoms with Crippen molar-refractivity contribution in [1.82, 2.24) is 19.5 Å². The van der Waals surface area contributed by atoms with Crippen molar-refractivity contribution >= 4 is 39.2 Å². The van der Waals surface area contributed by atoms with Crippen LogP contribution in [-0.4, -0.2) is 69.9 Å². The molecule has 7 rings (SSSR count).